The third kappa shape index (κ3) is 2.85. The molecule has 0 radical (unpaired) electrons. The summed E-state index contributed by atoms with van der Waals surface area (Å²) in [6, 6.07) is 9.69. The van der Waals surface area contributed by atoms with Gasteiger partial charge in [0.1, 0.15) is 0 Å². The summed E-state index contributed by atoms with van der Waals surface area (Å²) in [6.45, 7) is 4.25. The first-order valence-corrected chi connectivity index (χ1v) is 7.99. The van der Waals surface area contributed by atoms with Gasteiger partial charge in [-0.1, -0.05) is 6.92 Å². The van der Waals surface area contributed by atoms with Crippen LogP contribution in [0, 0.1) is 0 Å². The Bertz CT molecular complexity index is 866. The predicted molar refractivity (Wildman–Crippen MR) is 92.5 cm³/mol. The molecule has 0 saturated carbocycles. The quantitative estimate of drug-likeness (QED) is 0.671. The van der Waals surface area contributed by atoms with E-state index in [1.165, 1.54) is 5.56 Å². The standard InChI is InChI=1S/C19H20N2O3/c1-4-13-8-9-21-15(10-13)11-16(19(22)24-5-2)18(21)14-6-7-17(23-3)20-12-14/h6-12H,4-5H2,1-3H3. The first kappa shape index (κ1) is 16.1. The highest BCUT2D eigenvalue weighted by molar-refractivity contribution is 5.99. The Kier molecular flexibility index (Phi) is 4.51. The van der Waals surface area contributed by atoms with Crippen molar-refractivity contribution in [1.82, 2.24) is 9.38 Å². The number of carbonyl (C=O) groups excluding carboxylic acids is 1. The van der Waals surface area contributed by atoms with Crippen LogP contribution in [0.4, 0.5) is 0 Å². The van der Waals surface area contributed by atoms with Crippen LogP contribution in [0.5, 0.6) is 5.88 Å². The second-order valence-electron chi connectivity index (χ2n) is 5.40. The van der Waals surface area contributed by atoms with Gasteiger partial charge in [-0.2, -0.15) is 0 Å². The van der Waals surface area contributed by atoms with E-state index in [2.05, 4.69) is 24.0 Å². The number of esters is 1. The zero-order valence-corrected chi connectivity index (χ0v) is 14.1. The summed E-state index contributed by atoms with van der Waals surface area (Å²) in [6.07, 6.45) is 4.63. The Morgan fingerprint density at radius 3 is 2.67 bits per heavy atom. The van der Waals surface area contributed by atoms with E-state index in [1.54, 1.807) is 26.3 Å². The molecule has 5 nitrogen and oxygen atoms in total. The zero-order chi connectivity index (χ0) is 17.1. The minimum Gasteiger partial charge on any atom is -0.481 e. The molecule has 3 rings (SSSR count). The van der Waals surface area contributed by atoms with Gasteiger partial charge in [-0.25, -0.2) is 9.78 Å². The molecule has 0 atom stereocenters. The van der Waals surface area contributed by atoms with Crippen molar-refractivity contribution in [1.29, 1.82) is 0 Å². The van der Waals surface area contributed by atoms with Gasteiger partial charge in [0.05, 0.1) is 25.0 Å². The molecular formula is C19H20N2O3. The number of pyridine rings is 2. The Morgan fingerprint density at radius 2 is 2.04 bits per heavy atom. The number of hydrogen-bond donors (Lipinski definition) is 0. The van der Waals surface area contributed by atoms with Gasteiger partial charge in [0, 0.05) is 29.5 Å². The molecule has 0 bridgehead atoms. The van der Waals surface area contributed by atoms with E-state index >= 15 is 0 Å². The average molecular weight is 324 g/mol. The van der Waals surface area contributed by atoms with Crippen molar-refractivity contribution in [2.24, 2.45) is 0 Å². The molecule has 0 spiro atoms. The molecule has 0 aliphatic heterocycles. The maximum absolute atomic E-state index is 12.4. The lowest BCUT2D eigenvalue weighted by atomic mass is 10.1. The highest BCUT2D eigenvalue weighted by Crippen LogP contribution is 2.29. The van der Waals surface area contributed by atoms with Gasteiger partial charge in [-0.05, 0) is 43.2 Å². The lowest BCUT2D eigenvalue weighted by molar-refractivity contribution is 0.0527. The predicted octanol–water partition coefficient (Wildman–Crippen LogP) is 3.75. The topological polar surface area (TPSA) is 52.8 Å². The number of rotatable bonds is 5. The molecule has 3 heterocycles. The van der Waals surface area contributed by atoms with Crippen molar-refractivity contribution in [3.63, 3.8) is 0 Å². The number of nitrogens with zero attached hydrogens (tertiary/aromatic N) is 2. The molecule has 0 aromatic carbocycles. The van der Waals surface area contributed by atoms with E-state index in [0.717, 1.165) is 23.2 Å². The van der Waals surface area contributed by atoms with E-state index in [-0.39, 0.29) is 5.97 Å². The van der Waals surface area contributed by atoms with Gasteiger partial charge in [0.15, 0.2) is 0 Å². The van der Waals surface area contributed by atoms with Gasteiger partial charge >= 0.3 is 5.97 Å². The van der Waals surface area contributed by atoms with Gasteiger partial charge in [0.2, 0.25) is 5.88 Å². The van der Waals surface area contributed by atoms with Crippen LogP contribution in [0.25, 0.3) is 16.8 Å². The molecule has 0 amide bonds. The maximum Gasteiger partial charge on any atom is 0.340 e. The fourth-order valence-electron chi connectivity index (χ4n) is 2.74. The van der Waals surface area contributed by atoms with E-state index in [1.807, 2.05) is 22.7 Å². The summed E-state index contributed by atoms with van der Waals surface area (Å²) in [5.74, 6) is 0.204. The molecule has 124 valence electrons. The molecule has 24 heavy (non-hydrogen) atoms. The summed E-state index contributed by atoms with van der Waals surface area (Å²) in [5.41, 5.74) is 4.33. The van der Waals surface area contributed by atoms with Crippen LogP contribution in [0.1, 0.15) is 29.8 Å². The third-order valence-corrected chi connectivity index (χ3v) is 3.96. The molecule has 0 unspecified atom stereocenters. The third-order valence-electron chi connectivity index (χ3n) is 3.96. The Hall–Kier alpha value is -2.82. The fraction of sp³-hybridized carbons (Fsp3) is 0.263. The number of aromatic nitrogens is 2. The first-order chi connectivity index (χ1) is 11.7. The smallest absolute Gasteiger partial charge is 0.340 e. The van der Waals surface area contributed by atoms with Crippen LogP contribution in [0.2, 0.25) is 0 Å². The lowest BCUT2D eigenvalue weighted by Gasteiger charge is -2.08. The first-order valence-electron chi connectivity index (χ1n) is 7.99. The molecule has 0 aliphatic rings. The van der Waals surface area contributed by atoms with Crippen molar-refractivity contribution < 1.29 is 14.3 Å². The second-order valence-corrected chi connectivity index (χ2v) is 5.40. The van der Waals surface area contributed by atoms with Gasteiger partial charge in [-0.15, -0.1) is 0 Å². The monoisotopic (exact) mass is 324 g/mol. The fourth-order valence-corrected chi connectivity index (χ4v) is 2.74. The maximum atomic E-state index is 12.4. The van der Waals surface area contributed by atoms with Crippen LogP contribution >= 0.6 is 0 Å². The highest BCUT2D eigenvalue weighted by Gasteiger charge is 2.20. The minimum absolute atomic E-state index is 0.329. The van der Waals surface area contributed by atoms with Crippen LogP contribution in [0.3, 0.4) is 0 Å². The van der Waals surface area contributed by atoms with Crippen molar-refractivity contribution in [3.8, 4) is 17.1 Å². The molecule has 0 fully saturated rings. The Morgan fingerprint density at radius 1 is 1.21 bits per heavy atom. The van der Waals surface area contributed by atoms with Crippen LogP contribution in [-0.4, -0.2) is 29.1 Å². The van der Waals surface area contributed by atoms with Crippen molar-refractivity contribution in [3.05, 3.63) is 53.9 Å². The molecule has 5 heteroatoms. The van der Waals surface area contributed by atoms with E-state index in [9.17, 15) is 4.79 Å². The average Bonchev–Trinajstić information content (AvgIpc) is 3.00. The van der Waals surface area contributed by atoms with Gasteiger partial charge < -0.3 is 13.9 Å². The molecule has 3 aromatic rings. The minimum atomic E-state index is -0.329. The highest BCUT2D eigenvalue weighted by atomic mass is 16.5. The zero-order valence-electron chi connectivity index (χ0n) is 14.1. The largest absolute Gasteiger partial charge is 0.481 e. The van der Waals surface area contributed by atoms with E-state index in [0.29, 0.717) is 18.1 Å². The SMILES string of the molecule is CCOC(=O)c1cc2cc(CC)ccn2c1-c1ccc(OC)nc1. The van der Waals surface area contributed by atoms with Crippen molar-refractivity contribution in [2.75, 3.05) is 13.7 Å². The summed E-state index contributed by atoms with van der Waals surface area (Å²) in [4.78, 5) is 16.7. The van der Waals surface area contributed by atoms with Gasteiger partial charge in [0.25, 0.3) is 0 Å². The van der Waals surface area contributed by atoms with Gasteiger partial charge in [-0.3, -0.25) is 0 Å². The summed E-state index contributed by atoms with van der Waals surface area (Å²) in [5, 5.41) is 0. The number of methoxy groups -OCH3 is 1. The summed E-state index contributed by atoms with van der Waals surface area (Å²) < 4.78 is 12.3. The number of aryl methyl sites for hydroxylation is 1. The number of fused-ring (bicyclic) bond motifs is 1. The lowest BCUT2D eigenvalue weighted by Crippen LogP contribution is -2.05. The summed E-state index contributed by atoms with van der Waals surface area (Å²) >= 11 is 0. The van der Waals surface area contributed by atoms with Crippen LogP contribution in [-0.2, 0) is 11.2 Å². The molecule has 0 saturated heterocycles. The number of ether oxygens (including phenoxy) is 2. The Labute approximate surface area is 140 Å². The molecular weight excluding hydrogens is 304 g/mol. The number of carbonyl (C=O) groups is 1. The second kappa shape index (κ2) is 6.74. The summed E-state index contributed by atoms with van der Waals surface area (Å²) in [7, 11) is 1.57. The van der Waals surface area contributed by atoms with Crippen molar-refractivity contribution in [2.45, 2.75) is 20.3 Å². The van der Waals surface area contributed by atoms with Crippen molar-refractivity contribution >= 4 is 11.5 Å². The number of hydrogen-bond acceptors (Lipinski definition) is 4. The van der Waals surface area contributed by atoms with E-state index in [4.69, 9.17) is 9.47 Å². The Balaban J connectivity index is 2.21. The van der Waals surface area contributed by atoms with E-state index < -0.39 is 0 Å². The normalized spacial score (nSPS) is 10.8. The van der Waals surface area contributed by atoms with Crippen LogP contribution in [0.15, 0.2) is 42.7 Å². The van der Waals surface area contributed by atoms with Crippen LogP contribution < -0.4 is 4.74 Å². The molecule has 0 N–H and O–H groups in total. The molecule has 3 aromatic heterocycles. The molecule has 0 aliphatic carbocycles.